The summed E-state index contributed by atoms with van der Waals surface area (Å²) < 4.78 is 20.1. The van der Waals surface area contributed by atoms with Gasteiger partial charge in [0.1, 0.15) is 18.1 Å². The molecule has 5 aromatic rings. The molecule has 0 N–H and O–H groups in total. The van der Waals surface area contributed by atoms with Crippen LogP contribution in [-0.4, -0.2) is 55.4 Å². The molecule has 10 nitrogen and oxygen atoms in total. The van der Waals surface area contributed by atoms with Crippen molar-refractivity contribution in [3.63, 3.8) is 0 Å². The second-order valence-corrected chi connectivity index (χ2v) is 19.2. The van der Waals surface area contributed by atoms with E-state index in [4.69, 9.17) is 14.2 Å². The lowest BCUT2D eigenvalue weighted by molar-refractivity contribution is -0.141. The molecule has 0 fully saturated rings. The van der Waals surface area contributed by atoms with Crippen molar-refractivity contribution >= 4 is 59.4 Å². The van der Waals surface area contributed by atoms with E-state index in [1.807, 2.05) is 153 Å². The van der Waals surface area contributed by atoms with Gasteiger partial charge in [0, 0.05) is 12.2 Å². The number of esters is 2. The van der Waals surface area contributed by atoms with Crippen LogP contribution in [0.5, 0.6) is 11.5 Å². The molecule has 0 aliphatic carbocycles. The molecule has 0 aromatic heterocycles. The number of allylic oxidation sites excluding steroid dienone is 2. The molecule has 0 spiro atoms. The minimum atomic E-state index is -0.334. The third-order valence-electron chi connectivity index (χ3n) is 8.36. The largest absolute Gasteiger partial charge is 0.497 e. The molecule has 0 bridgehead atoms. The van der Waals surface area contributed by atoms with Crippen molar-refractivity contribution in [3.8, 4) is 11.5 Å². The van der Waals surface area contributed by atoms with E-state index in [2.05, 4.69) is 67.1 Å². The summed E-state index contributed by atoms with van der Waals surface area (Å²) in [5, 5.41) is 0. The van der Waals surface area contributed by atoms with E-state index in [0.29, 0.717) is 6.61 Å². The van der Waals surface area contributed by atoms with Gasteiger partial charge < -0.3 is 18.9 Å². The molecule has 0 saturated carbocycles. The maximum atomic E-state index is 11.4. The summed E-state index contributed by atoms with van der Waals surface area (Å²) >= 11 is 0. The summed E-state index contributed by atoms with van der Waals surface area (Å²) in [6.45, 7) is 29.2. The van der Waals surface area contributed by atoms with Gasteiger partial charge >= 0.3 is 11.9 Å². The predicted octanol–water partition coefficient (Wildman–Crippen LogP) is 15.6. The highest BCUT2D eigenvalue weighted by atomic mass is 16.5. The van der Waals surface area contributed by atoms with Gasteiger partial charge in [0.05, 0.1) is 31.5 Å². The van der Waals surface area contributed by atoms with Crippen molar-refractivity contribution in [1.29, 1.82) is 0 Å². The van der Waals surface area contributed by atoms with Crippen molar-refractivity contribution in [2.24, 2.45) is 17.8 Å². The summed E-state index contributed by atoms with van der Waals surface area (Å²) in [6, 6.07) is 43.5. The van der Waals surface area contributed by atoms with E-state index in [1.165, 1.54) is 47.0 Å². The van der Waals surface area contributed by atoms with Gasteiger partial charge in [-0.05, 0) is 136 Å². The summed E-state index contributed by atoms with van der Waals surface area (Å²) in [7, 11) is 2.97. The minimum Gasteiger partial charge on any atom is -0.497 e. The molecule has 0 unspecified atom stereocenters. The molecule has 76 heavy (non-hydrogen) atoms. The third-order valence-corrected chi connectivity index (χ3v) is 8.36. The van der Waals surface area contributed by atoms with E-state index in [0.717, 1.165) is 57.1 Å². The van der Waals surface area contributed by atoms with E-state index >= 15 is 0 Å². The molecule has 10 heteroatoms. The normalized spacial score (nSPS) is 9.86. The van der Waals surface area contributed by atoms with Crippen molar-refractivity contribution < 1.29 is 47.7 Å². The second kappa shape index (κ2) is 42.6. The monoisotopic (exact) mass is 1040 g/mol. The van der Waals surface area contributed by atoms with E-state index in [9.17, 15) is 28.8 Å². The van der Waals surface area contributed by atoms with Gasteiger partial charge in [-0.1, -0.05) is 178 Å². The van der Waals surface area contributed by atoms with E-state index in [-0.39, 0.29) is 52.3 Å². The fraction of sp³-hybridized carbons (Fsp3) is 0.333. The van der Waals surface area contributed by atoms with Crippen molar-refractivity contribution in [1.82, 2.24) is 0 Å². The number of carbonyl (C=O) groups is 6. The Labute approximate surface area is 455 Å². The molecule has 5 rings (SSSR count). The van der Waals surface area contributed by atoms with Crippen molar-refractivity contribution in [2.45, 2.75) is 117 Å². The van der Waals surface area contributed by atoms with Gasteiger partial charge in [0.25, 0.3) is 0 Å². The summed E-state index contributed by atoms with van der Waals surface area (Å²) in [4.78, 5) is 66.9. The lowest BCUT2D eigenvalue weighted by atomic mass is 10.0. The second-order valence-electron chi connectivity index (χ2n) is 19.2. The molecular weight excluding hydrogens is 953 g/mol. The molecule has 0 saturated heterocycles. The Kier molecular flexibility index (Phi) is 39.5. The maximum Gasteiger partial charge on any atom is 0.331 e. The van der Waals surface area contributed by atoms with E-state index < -0.39 is 0 Å². The molecule has 0 radical (unpaired) electrons. The summed E-state index contributed by atoms with van der Waals surface area (Å²) in [5.74, 6) is 2.54. The standard InChI is InChI=1S/C19H18O3.C13H16O3.C12H12O2.C10H10O2.3C4H10/c1-14(20)19(15(2)21)12-16-8-10-18(11-9-16)22-13-17-6-4-3-5-7-17;1-10(2)16-13(14)9-6-11-4-7-12(15-3)8-5-11;1-9(13)12(10(2)14)8-11-6-4-3-5-7-11;1-12-10(11)8-7-9-5-3-2-4-6-9;3*1-4(2)3/h3-12H,13H2,1-2H3;4-10H,1-3H3;3-8H,1-2H3;2-8H,1H3;3*4H,1-3H3/b;9-6+;;8-7+;;;. The van der Waals surface area contributed by atoms with Gasteiger partial charge in [-0.25, -0.2) is 9.59 Å². The topological polar surface area (TPSA) is 139 Å². The first-order valence-electron chi connectivity index (χ1n) is 25.4. The highest BCUT2D eigenvalue weighted by molar-refractivity contribution is 6.22. The zero-order valence-electron chi connectivity index (χ0n) is 48.3. The molecule has 0 aliphatic rings. The number of hydrogen-bond acceptors (Lipinski definition) is 10. The Bertz CT molecular complexity index is 2460. The molecule has 0 amide bonds. The lowest BCUT2D eigenvalue weighted by Crippen LogP contribution is -2.08. The molecule has 410 valence electrons. The number of hydrogen-bond donors (Lipinski definition) is 0. The fourth-order valence-corrected chi connectivity index (χ4v) is 5.13. The highest BCUT2D eigenvalue weighted by Gasteiger charge is 2.10. The Morgan fingerprint density at radius 3 is 1.08 bits per heavy atom. The Morgan fingerprint density at radius 2 is 0.724 bits per heavy atom. The predicted molar refractivity (Wildman–Crippen MR) is 315 cm³/mol. The Balaban J connectivity index is 0. The van der Waals surface area contributed by atoms with Gasteiger partial charge in [-0.2, -0.15) is 0 Å². The van der Waals surface area contributed by atoms with E-state index in [1.54, 1.807) is 31.4 Å². The molecule has 0 atom stereocenters. The smallest absolute Gasteiger partial charge is 0.331 e. The maximum absolute atomic E-state index is 11.4. The van der Waals surface area contributed by atoms with Crippen LogP contribution in [-0.2, 0) is 44.8 Å². The number of methoxy groups -OCH3 is 2. The third kappa shape index (κ3) is 40.7. The SMILES string of the molecule is CC(=O)C(=Cc1ccc(OCc2ccccc2)cc1)C(C)=O.CC(=O)C(=Cc1ccccc1)C(C)=O.CC(C)C.CC(C)C.CC(C)C.COC(=O)/C=C/c1ccccc1.COc1ccc(/C=C/C(=O)OC(C)C)cc1. The fourth-order valence-electron chi connectivity index (χ4n) is 5.13. The number of benzene rings is 5. The Hall–Kier alpha value is -7.72. The van der Waals surface area contributed by atoms with Crippen LogP contribution in [0.3, 0.4) is 0 Å². The van der Waals surface area contributed by atoms with Gasteiger partial charge in [-0.3, -0.25) is 19.2 Å². The van der Waals surface area contributed by atoms with Crippen molar-refractivity contribution in [2.75, 3.05) is 14.2 Å². The molecule has 0 heterocycles. The van der Waals surface area contributed by atoms with Crippen molar-refractivity contribution in [3.05, 3.63) is 191 Å². The van der Waals surface area contributed by atoms with Crippen LogP contribution in [0.25, 0.3) is 24.3 Å². The first kappa shape index (κ1) is 70.4. The average molecular weight is 1040 g/mol. The number of ketones is 4. The van der Waals surface area contributed by atoms with Crippen LogP contribution >= 0.6 is 0 Å². The quantitative estimate of drug-likeness (QED) is 0.0431. The van der Waals surface area contributed by atoms with Gasteiger partial charge in [-0.15, -0.1) is 0 Å². The first-order chi connectivity index (χ1) is 35.8. The molecule has 5 aromatic carbocycles. The summed E-state index contributed by atoms with van der Waals surface area (Å²) in [6.07, 6.45) is 9.37. The zero-order chi connectivity index (χ0) is 58.0. The first-order valence-corrected chi connectivity index (χ1v) is 25.4. The van der Waals surface area contributed by atoms with Gasteiger partial charge in [0.2, 0.25) is 0 Å². The number of ether oxygens (including phenoxy) is 4. The molecular formula is C66H86O10. The minimum absolute atomic E-state index is 0.0898. The van der Waals surface area contributed by atoms with Gasteiger partial charge in [0.15, 0.2) is 23.1 Å². The highest BCUT2D eigenvalue weighted by Crippen LogP contribution is 2.17. The number of Topliss-reactive ketones (excluding diaryl/α,β-unsaturated/α-hetero) is 4. The average Bonchev–Trinajstić information content (AvgIpc) is 3.36. The lowest BCUT2D eigenvalue weighted by Gasteiger charge is -2.06. The number of carbonyl (C=O) groups excluding carboxylic acids is 6. The van der Waals surface area contributed by atoms with Crippen LogP contribution < -0.4 is 9.47 Å². The van der Waals surface area contributed by atoms with Crippen LogP contribution in [0.15, 0.2) is 163 Å². The van der Waals surface area contributed by atoms with Crippen LogP contribution in [0.4, 0.5) is 0 Å². The summed E-state index contributed by atoms with van der Waals surface area (Å²) in [5.41, 5.74) is 5.14. The Morgan fingerprint density at radius 1 is 0.408 bits per heavy atom. The van der Waals surface area contributed by atoms with Crippen LogP contribution in [0.2, 0.25) is 0 Å². The van der Waals surface area contributed by atoms with Crippen LogP contribution in [0, 0.1) is 17.8 Å². The zero-order valence-corrected chi connectivity index (χ0v) is 48.3. The number of rotatable bonds is 15. The van der Waals surface area contributed by atoms with Crippen LogP contribution in [0.1, 0.15) is 132 Å². The molecule has 0 aliphatic heterocycles.